The number of methoxy groups -OCH3 is 2. The molecule has 0 aliphatic heterocycles. The van der Waals surface area contributed by atoms with Crippen LogP contribution in [-0.2, 0) is 14.3 Å². The first kappa shape index (κ1) is 23.3. The lowest BCUT2D eigenvalue weighted by Gasteiger charge is -2.29. The third-order valence-corrected chi connectivity index (χ3v) is 5.30. The van der Waals surface area contributed by atoms with Gasteiger partial charge in [0.25, 0.3) is 0 Å². The summed E-state index contributed by atoms with van der Waals surface area (Å²) >= 11 is 0. The van der Waals surface area contributed by atoms with E-state index in [1.165, 1.54) is 16.7 Å². The number of hydrogen-bond acceptors (Lipinski definition) is 3. The molecule has 152 valence electrons. The molecule has 0 bridgehead atoms. The third kappa shape index (κ3) is 7.78. The Balaban J connectivity index is 2.55. The van der Waals surface area contributed by atoms with E-state index >= 15 is 0 Å². The second kappa shape index (κ2) is 11.8. The molecule has 1 rings (SSSR count). The quantitative estimate of drug-likeness (QED) is 0.408. The van der Waals surface area contributed by atoms with E-state index in [2.05, 4.69) is 52.8 Å². The first-order valence-electron chi connectivity index (χ1n) is 10.1. The van der Waals surface area contributed by atoms with Crippen molar-refractivity contribution >= 4 is 5.78 Å². The summed E-state index contributed by atoms with van der Waals surface area (Å²) in [6.07, 6.45) is 12.8. The van der Waals surface area contributed by atoms with Gasteiger partial charge in [-0.15, -0.1) is 0 Å². The Kier molecular flexibility index (Phi) is 10.2. The lowest BCUT2D eigenvalue weighted by molar-refractivity contribution is -0.125. The molecule has 0 saturated carbocycles. The minimum atomic E-state index is -0.0184. The van der Waals surface area contributed by atoms with Gasteiger partial charge in [-0.1, -0.05) is 41.9 Å². The predicted molar refractivity (Wildman–Crippen MR) is 113 cm³/mol. The molecule has 0 heterocycles. The average Bonchev–Trinajstić information content (AvgIpc) is 2.60. The molecule has 0 fully saturated rings. The molecule has 27 heavy (non-hydrogen) atoms. The van der Waals surface area contributed by atoms with Crippen molar-refractivity contribution in [1.29, 1.82) is 0 Å². The predicted octanol–water partition coefficient (Wildman–Crippen LogP) is 6.53. The number of hydrogen-bond donors (Lipinski definition) is 0. The van der Waals surface area contributed by atoms with Crippen LogP contribution in [0.3, 0.4) is 0 Å². The minimum Gasteiger partial charge on any atom is -0.497 e. The van der Waals surface area contributed by atoms with Crippen LogP contribution in [-0.4, -0.2) is 20.0 Å². The summed E-state index contributed by atoms with van der Waals surface area (Å²) in [6.45, 7) is 10.8. The molecule has 1 aliphatic carbocycles. The van der Waals surface area contributed by atoms with Crippen molar-refractivity contribution in [3.05, 3.63) is 46.5 Å². The Morgan fingerprint density at radius 3 is 2.11 bits per heavy atom. The topological polar surface area (TPSA) is 35.5 Å². The number of carbonyl (C=O) groups is 1. The van der Waals surface area contributed by atoms with E-state index in [1.54, 1.807) is 14.2 Å². The van der Waals surface area contributed by atoms with Gasteiger partial charge < -0.3 is 9.47 Å². The first-order chi connectivity index (χ1) is 12.8. The summed E-state index contributed by atoms with van der Waals surface area (Å²) in [4.78, 5) is 12.7. The van der Waals surface area contributed by atoms with Gasteiger partial charge in [0.1, 0.15) is 5.76 Å². The van der Waals surface area contributed by atoms with E-state index in [9.17, 15) is 4.79 Å². The maximum Gasteiger partial charge on any atom is 0.204 e. The van der Waals surface area contributed by atoms with Gasteiger partial charge in [-0.3, -0.25) is 4.79 Å². The second-order valence-electron chi connectivity index (χ2n) is 8.01. The molecule has 3 nitrogen and oxygen atoms in total. The Labute approximate surface area is 166 Å². The van der Waals surface area contributed by atoms with Crippen LogP contribution >= 0.6 is 0 Å². The number of allylic oxidation sites excluding steroid dienone is 8. The maximum atomic E-state index is 12.7. The summed E-state index contributed by atoms with van der Waals surface area (Å²) in [5, 5.41) is 0. The van der Waals surface area contributed by atoms with Crippen LogP contribution in [0.25, 0.3) is 0 Å². The fourth-order valence-electron chi connectivity index (χ4n) is 3.49. The lowest BCUT2D eigenvalue weighted by atomic mass is 9.79. The average molecular weight is 375 g/mol. The highest BCUT2D eigenvalue weighted by atomic mass is 16.5. The monoisotopic (exact) mass is 374 g/mol. The van der Waals surface area contributed by atoms with E-state index < -0.39 is 0 Å². The van der Waals surface area contributed by atoms with E-state index in [0.29, 0.717) is 11.5 Å². The molecule has 0 aromatic rings. The number of carbonyl (C=O) groups excluding carboxylic acids is 1. The van der Waals surface area contributed by atoms with Gasteiger partial charge in [0.15, 0.2) is 5.76 Å². The number of rotatable bonds is 10. The Morgan fingerprint density at radius 1 is 0.963 bits per heavy atom. The van der Waals surface area contributed by atoms with Crippen molar-refractivity contribution in [2.24, 2.45) is 11.8 Å². The molecule has 2 unspecified atom stereocenters. The van der Waals surface area contributed by atoms with Crippen LogP contribution in [0.4, 0.5) is 0 Å². The highest BCUT2D eigenvalue weighted by Crippen LogP contribution is 2.34. The molecule has 0 N–H and O–H groups in total. The summed E-state index contributed by atoms with van der Waals surface area (Å²) < 4.78 is 10.6. The van der Waals surface area contributed by atoms with Crippen molar-refractivity contribution in [1.82, 2.24) is 0 Å². The van der Waals surface area contributed by atoms with E-state index in [4.69, 9.17) is 9.47 Å². The zero-order valence-electron chi connectivity index (χ0n) is 18.4. The Hall–Kier alpha value is -1.77. The Morgan fingerprint density at radius 2 is 1.56 bits per heavy atom. The largest absolute Gasteiger partial charge is 0.497 e. The molecular weight excluding hydrogens is 336 g/mol. The molecule has 2 atom stereocenters. The summed E-state index contributed by atoms with van der Waals surface area (Å²) in [7, 11) is 3.15. The molecule has 0 saturated heterocycles. The highest BCUT2D eigenvalue weighted by Gasteiger charge is 2.35. The minimum absolute atomic E-state index is 0.0184. The van der Waals surface area contributed by atoms with Crippen LogP contribution in [0.1, 0.15) is 73.1 Å². The van der Waals surface area contributed by atoms with Crippen LogP contribution in [0.2, 0.25) is 0 Å². The van der Waals surface area contributed by atoms with E-state index in [1.807, 2.05) is 0 Å². The van der Waals surface area contributed by atoms with Crippen LogP contribution in [0.5, 0.6) is 0 Å². The molecule has 0 amide bonds. The van der Waals surface area contributed by atoms with Crippen LogP contribution < -0.4 is 0 Å². The van der Waals surface area contributed by atoms with Gasteiger partial charge in [0.05, 0.1) is 14.2 Å². The molecule has 1 aliphatic rings. The number of ether oxygens (including phenoxy) is 2. The maximum absolute atomic E-state index is 12.7. The van der Waals surface area contributed by atoms with E-state index in [0.717, 1.165) is 38.5 Å². The smallest absolute Gasteiger partial charge is 0.204 e. The molecule has 3 heteroatoms. The molecular formula is C24H38O3. The molecule has 0 aromatic carbocycles. The number of ketones is 1. The third-order valence-electron chi connectivity index (χ3n) is 5.30. The van der Waals surface area contributed by atoms with Gasteiger partial charge in [-0.25, -0.2) is 0 Å². The van der Waals surface area contributed by atoms with Crippen molar-refractivity contribution in [2.75, 3.05) is 14.2 Å². The summed E-state index contributed by atoms with van der Waals surface area (Å²) in [5.41, 5.74) is 4.19. The summed E-state index contributed by atoms with van der Waals surface area (Å²) in [6, 6.07) is 0. The zero-order valence-corrected chi connectivity index (χ0v) is 18.4. The Bertz CT molecular complexity index is 616. The van der Waals surface area contributed by atoms with Gasteiger partial charge >= 0.3 is 0 Å². The van der Waals surface area contributed by atoms with Crippen molar-refractivity contribution in [3.63, 3.8) is 0 Å². The zero-order chi connectivity index (χ0) is 20.4. The van der Waals surface area contributed by atoms with E-state index in [-0.39, 0.29) is 17.6 Å². The number of Topliss-reactive ketones (excluding diaryl/α,β-unsaturated/α-hetero) is 1. The summed E-state index contributed by atoms with van der Waals surface area (Å²) in [5.74, 6) is 1.41. The second-order valence-corrected chi connectivity index (χ2v) is 8.01. The van der Waals surface area contributed by atoms with Gasteiger partial charge in [0, 0.05) is 12.3 Å². The van der Waals surface area contributed by atoms with Gasteiger partial charge in [0.2, 0.25) is 5.78 Å². The fraction of sp³-hybridized carbons (Fsp3) is 0.625. The van der Waals surface area contributed by atoms with Crippen molar-refractivity contribution < 1.29 is 14.3 Å². The standard InChI is InChI=1S/C24H38O3/c1-17(2)10-8-11-18(3)12-9-13-19(4)14-15-21-20(5)16-22(26-6)24(27-7)23(21)25/h10,12,14,20-21H,8-9,11,13,15-16H2,1-7H3. The highest BCUT2D eigenvalue weighted by molar-refractivity contribution is 5.97. The molecule has 0 radical (unpaired) electrons. The van der Waals surface area contributed by atoms with Crippen molar-refractivity contribution in [2.45, 2.75) is 73.1 Å². The molecule has 0 spiro atoms. The lowest BCUT2D eigenvalue weighted by Crippen LogP contribution is -2.30. The first-order valence-corrected chi connectivity index (χ1v) is 10.1. The van der Waals surface area contributed by atoms with Crippen LogP contribution in [0.15, 0.2) is 46.5 Å². The fourth-order valence-corrected chi connectivity index (χ4v) is 3.49. The SMILES string of the molecule is COC1=C(OC)C(=O)C(CC=C(C)CCC=C(C)CCC=C(C)C)C(C)C1. The van der Waals surface area contributed by atoms with Gasteiger partial charge in [-0.2, -0.15) is 0 Å². The van der Waals surface area contributed by atoms with Crippen LogP contribution in [0, 0.1) is 11.8 Å². The molecule has 0 aromatic heterocycles. The van der Waals surface area contributed by atoms with Crippen molar-refractivity contribution in [3.8, 4) is 0 Å². The normalized spacial score (nSPS) is 21.4. The van der Waals surface area contributed by atoms with Gasteiger partial charge in [-0.05, 0) is 65.7 Å².